The summed E-state index contributed by atoms with van der Waals surface area (Å²) in [6.45, 7) is 3.63. The van der Waals surface area contributed by atoms with Gasteiger partial charge in [-0.3, -0.25) is 4.79 Å². The average molecular weight is 266 g/mol. The van der Waals surface area contributed by atoms with E-state index in [1.54, 1.807) is 31.4 Å². The van der Waals surface area contributed by atoms with Crippen LogP contribution in [0.25, 0.3) is 5.69 Å². The number of nitrogens with zero attached hydrogens (tertiary/aromatic N) is 2. The molecule has 1 aromatic carbocycles. The van der Waals surface area contributed by atoms with E-state index in [-0.39, 0.29) is 16.6 Å². The maximum Gasteiger partial charge on any atom is 0.346 e. The second-order valence-electron chi connectivity index (χ2n) is 4.10. The third kappa shape index (κ3) is 2.11. The number of ether oxygens (including phenoxy) is 1. The number of methoxy groups -OCH3 is 1. The molecule has 2 rings (SSSR count). The largest absolute Gasteiger partial charge is 0.497 e. The molecule has 18 heavy (non-hydrogen) atoms. The molecule has 0 amide bonds. The van der Waals surface area contributed by atoms with E-state index in [2.05, 4.69) is 0 Å². The lowest BCUT2D eigenvalue weighted by molar-refractivity contribution is 0.414. The maximum atomic E-state index is 12.1. The van der Waals surface area contributed by atoms with Crippen LogP contribution in [0.15, 0.2) is 33.9 Å². The molecule has 0 aliphatic heterocycles. The van der Waals surface area contributed by atoms with Crippen LogP contribution in [-0.2, 0) is 0 Å². The fraction of sp³-hybridized carbons (Fsp3) is 0.333. The van der Waals surface area contributed by atoms with Crippen LogP contribution < -0.4 is 15.3 Å². The molecule has 0 radical (unpaired) electrons. The third-order valence-electron chi connectivity index (χ3n) is 2.57. The Morgan fingerprint density at radius 2 is 1.78 bits per heavy atom. The van der Waals surface area contributed by atoms with E-state index in [1.165, 1.54) is 8.52 Å². The zero-order chi connectivity index (χ0) is 13.3. The van der Waals surface area contributed by atoms with Crippen molar-refractivity contribution in [3.63, 3.8) is 0 Å². The van der Waals surface area contributed by atoms with Crippen molar-refractivity contribution in [3.05, 3.63) is 44.4 Å². The average Bonchev–Trinajstić information content (AvgIpc) is 2.65. The van der Waals surface area contributed by atoms with Gasteiger partial charge in [0.25, 0.3) is 0 Å². The van der Waals surface area contributed by atoms with Crippen LogP contribution in [0.2, 0.25) is 0 Å². The van der Waals surface area contributed by atoms with E-state index < -0.39 is 0 Å². The second kappa shape index (κ2) is 4.81. The Bertz CT molecular complexity index is 649. The number of hydrogen-bond donors (Lipinski definition) is 0. The lowest BCUT2D eigenvalue weighted by atomic mass is 10.3. The first kappa shape index (κ1) is 12.6. The first-order valence-electron chi connectivity index (χ1n) is 5.54. The Hall–Kier alpha value is -1.82. The van der Waals surface area contributed by atoms with Crippen LogP contribution in [0, 0.1) is 0 Å². The van der Waals surface area contributed by atoms with Gasteiger partial charge in [0.05, 0.1) is 12.8 Å². The monoisotopic (exact) mass is 266 g/mol. The van der Waals surface area contributed by atoms with Gasteiger partial charge in [-0.05, 0) is 38.1 Å². The summed E-state index contributed by atoms with van der Waals surface area (Å²) < 4.78 is 7.69. The van der Waals surface area contributed by atoms with E-state index >= 15 is 0 Å². The Morgan fingerprint density at radius 3 is 2.22 bits per heavy atom. The van der Waals surface area contributed by atoms with Crippen molar-refractivity contribution in [2.24, 2.45) is 0 Å². The van der Waals surface area contributed by atoms with Crippen LogP contribution in [0.1, 0.15) is 19.9 Å². The minimum atomic E-state index is -0.301. The van der Waals surface area contributed by atoms with Crippen LogP contribution in [0.5, 0.6) is 5.75 Å². The van der Waals surface area contributed by atoms with E-state index in [1.807, 2.05) is 13.8 Å². The quantitative estimate of drug-likeness (QED) is 0.848. The Morgan fingerprint density at radius 1 is 1.17 bits per heavy atom. The molecule has 0 aliphatic rings. The van der Waals surface area contributed by atoms with E-state index in [4.69, 9.17) is 4.74 Å². The standard InChI is InChI=1S/C12H14N2O3S/c1-8(2)13-11(15)14(18-12(13)16)9-4-6-10(17-3)7-5-9/h4-8H,1-3H3. The minimum Gasteiger partial charge on any atom is -0.497 e. The van der Waals surface area contributed by atoms with Gasteiger partial charge in [-0.25, -0.2) is 13.3 Å². The van der Waals surface area contributed by atoms with Crippen LogP contribution in [-0.4, -0.2) is 15.6 Å². The number of benzene rings is 1. The first-order valence-corrected chi connectivity index (χ1v) is 6.31. The molecule has 0 unspecified atom stereocenters. The van der Waals surface area contributed by atoms with Crippen molar-refractivity contribution in [1.82, 2.24) is 8.52 Å². The van der Waals surface area contributed by atoms with Gasteiger partial charge in [0.2, 0.25) is 0 Å². The summed E-state index contributed by atoms with van der Waals surface area (Å²) in [5, 5.41) is 0. The smallest absolute Gasteiger partial charge is 0.346 e. The third-order valence-corrected chi connectivity index (χ3v) is 3.47. The summed E-state index contributed by atoms with van der Waals surface area (Å²) in [5.41, 5.74) is 0.368. The molecule has 96 valence electrons. The lowest BCUT2D eigenvalue weighted by Gasteiger charge is -2.03. The topological polar surface area (TPSA) is 53.2 Å². The Balaban J connectivity index is 2.55. The number of rotatable bonds is 3. The fourth-order valence-corrected chi connectivity index (χ4v) is 2.58. The second-order valence-corrected chi connectivity index (χ2v) is 4.99. The molecule has 2 aromatic rings. The van der Waals surface area contributed by atoms with Gasteiger partial charge in [-0.1, -0.05) is 0 Å². The molecule has 0 N–H and O–H groups in total. The predicted octanol–water partition coefficient (Wildman–Crippen LogP) is 1.65. The molecular formula is C12H14N2O3S. The molecule has 0 fully saturated rings. The Labute approximate surface area is 108 Å². The van der Waals surface area contributed by atoms with Gasteiger partial charge >= 0.3 is 10.6 Å². The van der Waals surface area contributed by atoms with E-state index in [0.29, 0.717) is 11.4 Å². The molecule has 0 bridgehead atoms. The van der Waals surface area contributed by atoms with Crippen molar-refractivity contribution in [2.45, 2.75) is 19.9 Å². The zero-order valence-corrected chi connectivity index (χ0v) is 11.2. The molecule has 1 heterocycles. The van der Waals surface area contributed by atoms with Crippen molar-refractivity contribution in [3.8, 4) is 11.4 Å². The molecule has 0 aliphatic carbocycles. The number of hydrogen-bond acceptors (Lipinski definition) is 4. The first-order chi connectivity index (χ1) is 8.54. The van der Waals surface area contributed by atoms with E-state index in [9.17, 15) is 9.59 Å². The highest BCUT2D eigenvalue weighted by Gasteiger charge is 2.13. The normalized spacial score (nSPS) is 10.9. The summed E-state index contributed by atoms with van der Waals surface area (Å²) in [6, 6.07) is 6.87. The van der Waals surface area contributed by atoms with Gasteiger partial charge in [0.15, 0.2) is 0 Å². The minimum absolute atomic E-state index is 0.138. The Kier molecular flexibility index (Phi) is 3.38. The highest BCUT2D eigenvalue weighted by molar-refractivity contribution is 7.03. The highest BCUT2D eigenvalue weighted by Crippen LogP contribution is 2.14. The van der Waals surface area contributed by atoms with Gasteiger partial charge in [0.1, 0.15) is 5.75 Å². The van der Waals surface area contributed by atoms with Gasteiger partial charge in [-0.15, -0.1) is 0 Å². The van der Waals surface area contributed by atoms with Crippen molar-refractivity contribution >= 4 is 11.5 Å². The van der Waals surface area contributed by atoms with Crippen LogP contribution in [0.4, 0.5) is 0 Å². The maximum absolute atomic E-state index is 12.1. The summed E-state index contributed by atoms with van der Waals surface area (Å²) in [7, 11) is 1.58. The van der Waals surface area contributed by atoms with Crippen molar-refractivity contribution < 1.29 is 4.74 Å². The SMILES string of the molecule is COc1ccc(-n2sc(=O)n(C(C)C)c2=O)cc1. The summed E-state index contributed by atoms with van der Waals surface area (Å²) in [6.07, 6.45) is 0. The molecule has 0 saturated carbocycles. The molecule has 5 nitrogen and oxygen atoms in total. The molecular weight excluding hydrogens is 252 g/mol. The van der Waals surface area contributed by atoms with Gasteiger partial charge < -0.3 is 4.74 Å². The van der Waals surface area contributed by atoms with Crippen molar-refractivity contribution in [2.75, 3.05) is 7.11 Å². The molecule has 0 saturated heterocycles. The predicted molar refractivity (Wildman–Crippen MR) is 71.1 cm³/mol. The van der Waals surface area contributed by atoms with Gasteiger partial charge in [0, 0.05) is 17.6 Å². The zero-order valence-electron chi connectivity index (χ0n) is 10.4. The summed E-state index contributed by atoms with van der Waals surface area (Å²) in [4.78, 5) is 23.6. The van der Waals surface area contributed by atoms with Crippen LogP contribution >= 0.6 is 11.5 Å². The van der Waals surface area contributed by atoms with Gasteiger partial charge in [-0.2, -0.15) is 0 Å². The molecule has 0 spiro atoms. The molecule has 0 atom stereocenters. The number of aromatic nitrogens is 2. The fourth-order valence-electron chi connectivity index (χ4n) is 1.65. The molecule has 1 aromatic heterocycles. The van der Waals surface area contributed by atoms with Crippen molar-refractivity contribution in [1.29, 1.82) is 0 Å². The summed E-state index contributed by atoms with van der Waals surface area (Å²) in [5.74, 6) is 0.711. The van der Waals surface area contributed by atoms with E-state index in [0.717, 1.165) is 11.5 Å². The molecule has 6 heteroatoms. The lowest BCUT2D eigenvalue weighted by Crippen LogP contribution is -2.29. The van der Waals surface area contributed by atoms with Crippen LogP contribution in [0.3, 0.4) is 0 Å². The highest BCUT2D eigenvalue weighted by atomic mass is 32.1. The summed E-state index contributed by atoms with van der Waals surface area (Å²) >= 11 is 0.907.